The van der Waals surface area contributed by atoms with Gasteiger partial charge in [-0.05, 0) is 40.9 Å². The van der Waals surface area contributed by atoms with Crippen LogP contribution in [0.5, 0.6) is 0 Å². The van der Waals surface area contributed by atoms with Crippen molar-refractivity contribution in [1.82, 2.24) is 15.5 Å². The predicted molar refractivity (Wildman–Crippen MR) is 61.7 cm³/mol. The summed E-state index contributed by atoms with van der Waals surface area (Å²) < 4.78 is 0. The predicted octanol–water partition coefficient (Wildman–Crippen LogP) is 0.0507. The molecule has 15 heavy (non-hydrogen) atoms. The first kappa shape index (κ1) is 12.5. The molecule has 0 spiro atoms. The molecule has 1 amide bonds. The maximum absolute atomic E-state index is 11.9. The SMILES string of the molecule is CC(CN(C)C)NC(=O)C1CCNC1C. The van der Waals surface area contributed by atoms with Gasteiger partial charge in [0.05, 0.1) is 5.92 Å². The van der Waals surface area contributed by atoms with E-state index >= 15 is 0 Å². The molecular formula is C11H23N3O. The van der Waals surface area contributed by atoms with Crippen molar-refractivity contribution in [2.45, 2.75) is 32.4 Å². The van der Waals surface area contributed by atoms with Crippen molar-refractivity contribution in [1.29, 1.82) is 0 Å². The minimum atomic E-state index is 0.148. The lowest BCUT2D eigenvalue weighted by molar-refractivity contribution is -0.125. The van der Waals surface area contributed by atoms with E-state index in [-0.39, 0.29) is 17.9 Å². The third kappa shape index (κ3) is 3.80. The first-order chi connectivity index (χ1) is 7.00. The van der Waals surface area contributed by atoms with Crippen molar-refractivity contribution in [3.8, 4) is 0 Å². The molecule has 1 rings (SSSR count). The van der Waals surface area contributed by atoms with E-state index in [0.717, 1.165) is 19.5 Å². The maximum atomic E-state index is 11.9. The molecule has 4 nitrogen and oxygen atoms in total. The number of hydrogen-bond donors (Lipinski definition) is 2. The highest BCUT2D eigenvalue weighted by atomic mass is 16.2. The lowest BCUT2D eigenvalue weighted by Gasteiger charge is -2.21. The molecule has 0 aromatic rings. The lowest BCUT2D eigenvalue weighted by Crippen LogP contribution is -2.44. The average Bonchev–Trinajstić information content (AvgIpc) is 2.49. The topological polar surface area (TPSA) is 44.4 Å². The average molecular weight is 213 g/mol. The van der Waals surface area contributed by atoms with Gasteiger partial charge >= 0.3 is 0 Å². The summed E-state index contributed by atoms with van der Waals surface area (Å²) in [4.78, 5) is 14.0. The van der Waals surface area contributed by atoms with Crippen molar-refractivity contribution in [2.75, 3.05) is 27.2 Å². The number of hydrogen-bond acceptors (Lipinski definition) is 3. The molecule has 0 radical (unpaired) electrons. The zero-order valence-electron chi connectivity index (χ0n) is 10.2. The number of carbonyl (C=O) groups excluding carboxylic acids is 1. The van der Waals surface area contributed by atoms with Crippen molar-refractivity contribution in [3.05, 3.63) is 0 Å². The Hall–Kier alpha value is -0.610. The highest BCUT2D eigenvalue weighted by Gasteiger charge is 2.29. The summed E-state index contributed by atoms with van der Waals surface area (Å²) in [6.07, 6.45) is 0.960. The van der Waals surface area contributed by atoms with Gasteiger partial charge in [0, 0.05) is 18.6 Å². The zero-order valence-corrected chi connectivity index (χ0v) is 10.2. The molecule has 1 fully saturated rings. The Labute approximate surface area is 92.4 Å². The molecule has 0 aromatic heterocycles. The number of amides is 1. The van der Waals surface area contributed by atoms with Crippen molar-refractivity contribution in [2.24, 2.45) is 5.92 Å². The third-order valence-electron chi connectivity index (χ3n) is 2.89. The number of nitrogens with one attached hydrogen (secondary N) is 2. The van der Waals surface area contributed by atoms with Crippen LogP contribution in [0.3, 0.4) is 0 Å². The Morgan fingerprint density at radius 1 is 1.60 bits per heavy atom. The van der Waals surface area contributed by atoms with Gasteiger partial charge in [-0.25, -0.2) is 0 Å². The van der Waals surface area contributed by atoms with Gasteiger partial charge in [0.15, 0.2) is 0 Å². The molecule has 1 aliphatic rings. The standard InChI is InChI=1S/C11H23N3O/c1-8(7-14(3)4)13-11(15)10-5-6-12-9(10)2/h8-10,12H,5-7H2,1-4H3,(H,13,15). The highest BCUT2D eigenvalue weighted by molar-refractivity contribution is 5.80. The van der Waals surface area contributed by atoms with Gasteiger partial charge in [-0.1, -0.05) is 0 Å². The largest absolute Gasteiger partial charge is 0.352 e. The van der Waals surface area contributed by atoms with E-state index in [1.165, 1.54) is 0 Å². The molecule has 0 bridgehead atoms. The zero-order chi connectivity index (χ0) is 11.4. The molecule has 3 atom stereocenters. The maximum Gasteiger partial charge on any atom is 0.224 e. The second-order valence-electron chi connectivity index (χ2n) is 4.81. The van der Waals surface area contributed by atoms with Crippen LogP contribution in [0.4, 0.5) is 0 Å². The van der Waals surface area contributed by atoms with Gasteiger partial charge in [-0.15, -0.1) is 0 Å². The molecule has 1 saturated heterocycles. The minimum Gasteiger partial charge on any atom is -0.352 e. The first-order valence-electron chi connectivity index (χ1n) is 5.69. The molecule has 3 unspecified atom stereocenters. The molecule has 0 saturated carbocycles. The fraction of sp³-hybridized carbons (Fsp3) is 0.909. The summed E-state index contributed by atoms with van der Waals surface area (Å²) in [6, 6.07) is 0.539. The highest BCUT2D eigenvalue weighted by Crippen LogP contribution is 2.15. The minimum absolute atomic E-state index is 0.148. The van der Waals surface area contributed by atoms with E-state index in [4.69, 9.17) is 0 Å². The van der Waals surface area contributed by atoms with Crippen molar-refractivity contribution in [3.63, 3.8) is 0 Å². The van der Waals surface area contributed by atoms with Crippen LogP contribution in [-0.2, 0) is 4.79 Å². The van der Waals surface area contributed by atoms with Gasteiger partial charge in [0.2, 0.25) is 5.91 Å². The van der Waals surface area contributed by atoms with Gasteiger partial charge < -0.3 is 15.5 Å². The smallest absolute Gasteiger partial charge is 0.224 e. The normalized spacial score (nSPS) is 28.1. The summed E-state index contributed by atoms with van der Waals surface area (Å²) in [6.45, 7) is 5.97. The van der Waals surface area contributed by atoms with Crippen LogP contribution in [0.15, 0.2) is 0 Å². The van der Waals surface area contributed by atoms with Crippen molar-refractivity contribution < 1.29 is 4.79 Å². The summed E-state index contributed by atoms with van der Waals surface area (Å²) in [7, 11) is 4.03. The van der Waals surface area contributed by atoms with E-state index < -0.39 is 0 Å². The second kappa shape index (κ2) is 5.47. The molecule has 1 aliphatic heterocycles. The molecule has 88 valence electrons. The Bertz CT molecular complexity index is 218. The number of rotatable bonds is 4. The van der Waals surface area contributed by atoms with Crippen LogP contribution >= 0.6 is 0 Å². The number of likely N-dealkylation sites (N-methyl/N-ethyl adjacent to an activating group) is 1. The monoisotopic (exact) mass is 213 g/mol. The summed E-state index contributed by atoms with van der Waals surface area (Å²) >= 11 is 0. The summed E-state index contributed by atoms with van der Waals surface area (Å²) in [5.74, 6) is 0.344. The van der Waals surface area contributed by atoms with E-state index in [2.05, 4.69) is 22.5 Å². The molecule has 0 aliphatic carbocycles. The first-order valence-corrected chi connectivity index (χ1v) is 5.69. The van der Waals surface area contributed by atoms with Gasteiger partial charge in [-0.2, -0.15) is 0 Å². The number of nitrogens with zero attached hydrogens (tertiary/aromatic N) is 1. The van der Waals surface area contributed by atoms with E-state index in [9.17, 15) is 4.79 Å². The Balaban J connectivity index is 2.34. The number of carbonyl (C=O) groups is 1. The summed E-state index contributed by atoms with van der Waals surface area (Å²) in [5, 5.41) is 6.36. The molecule has 1 heterocycles. The van der Waals surface area contributed by atoms with Crippen molar-refractivity contribution >= 4 is 5.91 Å². The summed E-state index contributed by atoms with van der Waals surface area (Å²) in [5.41, 5.74) is 0. The van der Waals surface area contributed by atoms with Crippen LogP contribution in [0.2, 0.25) is 0 Å². The second-order valence-corrected chi connectivity index (χ2v) is 4.81. The quantitative estimate of drug-likeness (QED) is 0.693. The lowest BCUT2D eigenvalue weighted by atomic mass is 10.0. The fourth-order valence-electron chi connectivity index (χ4n) is 2.16. The fourth-order valence-corrected chi connectivity index (χ4v) is 2.16. The van der Waals surface area contributed by atoms with Gasteiger partial charge in [-0.3, -0.25) is 4.79 Å². The van der Waals surface area contributed by atoms with Gasteiger partial charge in [0.25, 0.3) is 0 Å². The van der Waals surface area contributed by atoms with E-state index in [1.54, 1.807) is 0 Å². The van der Waals surface area contributed by atoms with Crippen LogP contribution in [0.25, 0.3) is 0 Å². The van der Waals surface area contributed by atoms with Crippen LogP contribution in [0, 0.1) is 5.92 Å². The van der Waals surface area contributed by atoms with Gasteiger partial charge in [0.1, 0.15) is 0 Å². The van der Waals surface area contributed by atoms with E-state index in [0.29, 0.717) is 6.04 Å². The molecule has 4 heteroatoms. The third-order valence-corrected chi connectivity index (χ3v) is 2.89. The van der Waals surface area contributed by atoms with Crippen LogP contribution in [-0.4, -0.2) is 50.1 Å². The van der Waals surface area contributed by atoms with E-state index in [1.807, 2.05) is 21.0 Å². The van der Waals surface area contributed by atoms with Crippen LogP contribution < -0.4 is 10.6 Å². The Kier molecular flexibility index (Phi) is 4.54. The Morgan fingerprint density at radius 2 is 2.27 bits per heavy atom. The molecule has 2 N–H and O–H groups in total. The molecule has 0 aromatic carbocycles. The Morgan fingerprint density at radius 3 is 2.73 bits per heavy atom. The molecular weight excluding hydrogens is 190 g/mol. The van der Waals surface area contributed by atoms with Crippen LogP contribution in [0.1, 0.15) is 20.3 Å².